The van der Waals surface area contributed by atoms with Gasteiger partial charge in [0.2, 0.25) is 5.91 Å². The Morgan fingerprint density at radius 3 is 2.80 bits per heavy atom. The monoisotopic (exact) mass is 380 g/mol. The molecule has 1 N–H and O–H groups in total. The first-order valence-electron chi connectivity index (χ1n) is 7.34. The molecule has 0 aliphatic carbocycles. The van der Waals surface area contributed by atoms with Crippen molar-refractivity contribution in [2.45, 2.75) is 0 Å². The highest BCUT2D eigenvalue weighted by molar-refractivity contribution is 6.32. The Morgan fingerprint density at radius 2 is 2.08 bits per heavy atom. The van der Waals surface area contributed by atoms with Gasteiger partial charge < -0.3 is 14.8 Å². The maximum Gasteiger partial charge on any atom is 0.265 e. The van der Waals surface area contributed by atoms with Gasteiger partial charge in [0.25, 0.3) is 5.91 Å². The van der Waals surface area contributed by atoms with Crippen molar-refractivity contribution in [2.75, 3.05) is 30.5 Å². The first-order chi connectivity index (χ1) is 12.0. The Bertz CT molecular complexity index is 841. The van der Waals surface area contributed by atoms with Gasteiger partial charge in [-0.2, -0.15) is 0 Å². The molecular weight excluding hydrogens is 367 g/mol. The second-order valence-electron chi connectivity index (χ2n) is 5.28. The van der Waals surface area contributed by atoms with Crippen molar-refractivity contribution in [1.29, 1.82) is 0 Å². The third kappa shape index (κ3) is 3.81. The first-order valence-corrected chi connectivity index (χ1v) is 8.09. The van der Waals surface area contributed by atoms with Gasteiger partial charge >= 0.3 is 0 Å². The number of carbonyl (C=O) groups excluding carboxylic acids is 2. The number of benzene rings is 2. The molecule has 0 saturated heterocycles. The van der Waals surface area contributed by atoms with Crippen LogP contribution >= 0.6 is 23.2 Å². The number of carbonyl (C=O) groups is 2. The lowest BCUT2D eigenvalue weighted by molar-refractivity contribution is -0.123. The van der Waals surface area contributed by atoms with Crippen LogP contribution in [0.4, 0.5) is 11.4 Å². The summed E-state index contributed by atoms with van der Waals surface area (Å²) in [4.78, 5) is 25.8. The van der Waals surface area contributed by atoms with Gasteiger partial charge in [0.1, 0.15) is 18.0 Å². The van der Waals surface area contributed by atoms with Crippen LogP contribution in [0.3, 0.4) is 0 Å². The average molecular weight is 381 g/mol. The Balaban J connectivity index is 1.76. The summed E-state index contributed by atoms with van der Waals surface area (Å²) in [5.74, 6) is 0.316. The molecule has 2 amide bonds. The molecule has 0 bridgehead atoms. The third-order valence-corrected chi connectivity index (χ3v) is 4.13. The number of hydrogen-bond donors (Lipinski definition) is 1. The Kier molecular flexibility index (Phi) is 5.01. The van der Waals surface area contributed by atoms with Crippen LogP contribution in [-0.4, -0.2) is 32.1 Å². The number of halogens is 2. The number of methoxy groups -OCH3 is 1. The van der Waals surface area contributed by atoms with Gasteiger partial charge in [-0.1, -0.05) is 23.2 Å². The molecule has 130 valence electrons. The summed E-state index contributed by atoms with van der Waals surface area (Å²) >= 11 is 12.0. The number of nitrogens with one attached hydrogen (secondary N) is 1. The molecule has 8 heteroatoms. The predicted molar refractivity (Wildman–Crippen MR) is 95.9 cm³/mol. The zero-order valence-corrected chi connectivity index (χ0v) is 14.7. The van der Waals surface area contributed by atoms with Gasteiger partial charge in [0.15, 0.2) is 6.61 Å². The highest BCUT2D eigenvalue weighted by Gasteiger charge is 2.27. The van der Waals surface area contributed by atoms with Gasteiger partial charge in [0.05, 0.1) is 17.8 Å². The molecule has 1 aliphatic rings. The van der Waals surface area contributed by atoms with E-state index < -0.39 is 0 Å². The minimum Gasteiger partial charge on any atom is -0.495 e. The molecule has 0 fully saturated rings. The van der Waals surface area contributed by atoms with E-state index in [9.17, 15) is 9.59 Å². The van der Waals surface area contributed by atoms with Crippen LogP contribution < -0.4 is 19.7 Å². The van der Waals surface area contributed by atoms with Crippen LogP contribution in [0.15, 0.2) is 36.4 Å². The van der Waals surface area contributed by atoms with Crippen LogP contribution in [-0.2, 0) is 9.59 Å². The zero-order chi connectivity index (χ0) is 18.0. The van der Waals surface area contributed by atoms with E-state index in [2.05, 4.69) is 5.32 Å². The Hall–Kier alpha value is -2.44. The summed E-state index contributed by atoms with van der Waals surface area (Å²) in [6, 6.07) is 9.79. The minimum atomic E-state index is -0.373. The number of nitrogens with zero attached hydrogens (tertiary/aromatic N) is 1. The molecule has 0 atom stereocenters. The normalized spacial score (nSPS) is 13.1. The Labute approximate surface area is 154 Å². The van der Waals surface area contributed by atoms with E-state index in [0.29, 0.717) is 32.9 Å². The standard InChI is InChI=1S/C17H14Cl2N2O4/c1-24-14-5-3-11(7-12(14)19)20-16(22)8-21-13-6-10(18)2-4-15(13)25-9-17(21)23/h2-7H,8-9H2,1H3,(H,20,22). The van der Waals surface area contributed by atoms with Gasteiger partial charge in [-0.3, -0.25) is 14.5 Å². The van der Waals surface area contributed by atoms with Gasteiger partial charge in [0, 0.05) is 10.7 Å². The molecule has 0 aromatic heterocycles. The molecule has 6 nitrogen and oxygen atoms in total. The second-order valence-corrected chi connectivity index (χ2v) is 6.12. The van der Waals surface area contributed by atoms with Crippen molar-refractivity contribution in [1.82, 2.24) is 0 Å². The van der Waals surface area contributed by atoms with Crippen LogP contribution in [0.2, 0.25) is 10.0 Å². The molecule has 0 radical (unpaired) electrons. The summed E-state index contributed by atoms with van der Waals surface area (Å²) in [6.07, 6.45) is 0. The molecule has 0 spiro atoms. The lowest BCUT2D eigenvalue weighted by Crippen LogP contribution is -2.43. The molecule has 0 saturated carbocycles. The predicted octanol–water partition coefficient (Wildman–Crippen LogP) is 3.37. The molecule has 0 unspecified atom stereocenters. The average Bonchev–Trinajstić information content (AvgIpc) is 2.58. The summed E-state index contributed by atoms with van der Waals surface area (Å²) in [7, 11) is 1.51. The fourth-order valence-electron chi connectivity index (χ4n) is 2.44. The van der Waals surface area contributed by atoms with Gasteiger partial charge in [-0.05, 0) is 36.4 Å². The van der Waals surface area contributed by atoms with Crippen LogP contribution in [0, 0.1) is 0 Å². The number of rotatable bonds is 4. The smallest absolute Gasteiger partial charge is 0.265 e. The summed E-state index contributed by atoms with van der Waals surface area (Å²) in [6.45, 7) is -0.296. The van der Waals surface area contributed by atoms with Crippen molar-refractivity contribution >= 4 is 46.4 Å². The number of fused-ring (bicyclic) bond motifs is 1. The lowest BCUT2D eigenvalue weighted by Gasteiger charge is -2.29. The van der Waals surface area contributed by atoms with Crippen molar-refractivity contribution in [3.8, 4) is 11.5 Å². The van der Waals surface area contributed by atoms with E-state index in [0.717, 1.165) is 0 Å². The van der Waals surface area contributed by atoms with Crippen LogP contribution in [0.5, 0.6) is 11.5 Å². The quantitative estimate of drug-likeness (QED) is 0.882. The molecule has 2 aromatic rings. The zero-order valence-electron chi connectivity index (χ0n) is 13.2. The maximum absolute atomic E-state index is 12.3. The first kappa shape index (κ1) is 17.4. The van der Waals surface area contributed by atoms with E-state index in [4.69, 9.17) is 32.7 Å². The SMILES string of the molecule is COc1ccc(NC(=O)CN2C(=O)COc3ccc(Cl)cc32)cc1Cl. The molecule has 25 heavy (non-hydrogen) atoms. The van der Waals surface area contributed by atoms with E-state index in [1.54, 1.807) is 36.4 Å². The van der Waals surface area contributed by atoms with E-state index in [1.807, 2.05) is 0 Å². The molecule has 1 aliphatic heterocycles. The Morgan fingerprint density at radius 1 is 1.28 bits per heavy atom. The molecule has 1 heterocycles. The van der Waals surface area contributed by atoms with Crippen molar-refractivity contribution in [3.63, 3.8) is 0 Å². The number of hydrogen-bond acceptors (Lipinski definition) is 4. The van der Waals surface area contributed by atoms with Crippen LogP contribution in [0.1, 0.15) is 0 Å². The largest absolute Gasteiger partial charge is 0.495 e. The third-order valence-electron chi connectivity index (χ3n) is 3.60. The number of amides is 2. The summed E-state index contributed by atoms with van der Waals surface area (Å²) in [5, 5.41) is 3.52. The fourth-order valence-corrected chi connectivity index (χ4v) is 2.86. The van der Waals surface area contributed by atoms with Crippen molar-refractivity contribution in [2.24, 2.45) is 0 Å². The van der Waals surface area contributed by atoms with Crippen molar-refractivity contribution < 1.29 is 19.1 Å². The topological polar surface area (TPSA) is 67.9 Å². The van der Waals surface area contributed by atoms with E-state index >= 15 is 0 Å². The summed E-state index contributed by atoms with van der Waals surface area (Å²) < 4.78 is 10.4. The van der Waals surface area contributed by atoms with E-state index in [-0.39, 0.29) is 25.0 Å². The van der Waals surface area contributed by atoms with Crippen molar-refractivity contribution in [3.05, 3.63) is 46.4 Å². The fraction of sp³-hybridized carbons (Fsp3) is 0.176. The highest BCUT2D eigenvalue weighted by atomic mass is 35.5. The van der Waals surface area contributed by atoms with Gasteiger partial charge in [-0.25, -0.2) is 0 Å². The maximum atomic E-state index is 12.3. The minimum absolute atomic E-state index is 0.129. The number of ether oxygens (including phenoxy) is 2. The van der Waals surface area contributed by atoms with E-state index in [1.165, 1.54) is 12.0 Å². The molecule has 2 aromatic carbocycles. The van der Waals surface area contributed by atoms with Crippen LogP contribution in [0.25, 0.3) is 0 Å². The molecule has 3 rings (SSSR count). The highest BCUT2D eigenvalue weighted by Crippen LogP contribution is 2.34. The lowest BCUT2D eigenvalue weighted by atomic mass is 10.2. The second kappa shape index (κ2) is 7.21. The number of anilines is 2. The summed E-state index contributed by atoms with van der Waals surface area (Å²) in [5.41, 5.74) is 0.967. The van der Waals surface area contributed by atoms with Gasteiger partial charge in [-0.15, -0.1) is 0 Å². The molecular formula is C17H14Cl2N2O4.